The second kappa shape index (κ2) is 9.13. The smallest absolute Gasteiger partial charge is 0.252 e. The van der Waals surface area contributed by atoms with Crippen molar-refractivity contribution in [2.45, 2.75) is 43.3 Å². The summed E-state index contributed by atoms with van der Waals surface area (Å²) >= 11 is 1.74. The maximum absolute atomic E-state index is 12.6. The topological polar surface area (TPSA) is 32.3 Å². The molecule has 0 aliphatic carbocycles. The van der Waals surface area contributed by atoms with Crippen molar-refractivity contribution in [3.8, 4) is 0 Å². The number of carbonyl (C=O) groups excluding carboxylic acids is 1. The van der Waals surface area contributed by atoms with Gasteiger partial charge in [0, 0.05) is 35.5 Å². The molecule has 0 fully saturated rings. The minimum absolute atomic E-state index is 0.0350. The van der Waals surface area contributed by atoms with E-state index in [9.17, 15) is 4.79 Å². The summed E-state index contributed by atoms with van der Waals surface area (Å²) in [5.41, 5.74) is 3.60. The molecular weight excluding hydrogens is 340 g/mol. The van der Waals surface area contributed by atoms with Crippen molar-refractivity contribution in [2.24, 2.45) is 0 Å². The Kier molecular flexibility index (Phi) is 6.62. The molecule has 0 bridgehead atoms. The fourth-order valence-corrected chi connectivity index (χ4v) is 4.37. The first kappa shape index (κ1) is 18.8. The lowest BCUT2D eigenvalue weighted by Gasteiger charge is -2.31. The van der Waals surface area contributed by atoms with Crippen molar-refractivity contribution >= 4 is 23.4 Å². The number of rotatable bonds is 7. The molecule has 1 heterocycles. The molecule has 4 heteroatoms. The van der Waals surface area contributed by atoms with Crippen LogP contribution in [0.2, 0.25) is 0 Å². The van der Waals surface area contributed by atoms with E-state index in [4.69, 9.17) is 0 Å². The Balaban J connectivity index is 1.51. The van der Waals surface area contributed by atoms with E-state index < -0.39 is 0 Å². The van der Waals surface area contributed by atoms with Crippen LogP contribution in [0.4, 0.5) is 5.69 Å². The van der Waals surface area contributed by atoms with Crippen LogP contribution in [0.5, 0.6) is 0 Å². The number of hydrogen-bond donors (Lipinski definition) is 1. The molecule has 1 aliphatic heterocycles. The SMILES string of the molecule is CC(C)Sc1ccccc1C(=O)NCCCN1CCCc2ccccc21. The Morgan fingerprint density at radius 2 is 1.92 bits per heavy atom. The van der Waals surface area contributed by atoms with Crippen LogP contribution >= 0.6 is 11.8 Å². The zero-order valence-corrected chi connectivity index (χ0v) is 16.5. The van der Waals surface area contributed by atoms with E-state index in [2.05, 4.69) is 48.3 Å². The number of nitrogens with zero attached hydrogens (tertiary/aromatic N) is 1. The molecule has 1 amide bonds. The van der Waals surface area contributed by atoms with Crippen molar-refractivity contribution in [1.82, 2.24) is 5.32 Å². The van der Waals surface area contributed by atoms with Crippen molar-refractivity contribution < 1.29 is 4.79 Å². The van der Waals surface area contributed by atoms with Gasteiger partial charge in [-0.05, 0) is 43.0 Å². The maximum atomic E-state index is 12.6. The number of aryl methyl sites for hydroxylation is 1. The average molecular weight is 369 g/mol. The number of thioether (sulfide) groups is 1. The molecule has 1 N–H and O–H groups in total. The first-order valence-corrected chi connectivity index (χ1v) is 10.4. The van der Waals surface area contributed by atoms with Crippen LogP contribution in [0.1, 0.15) is 42.6 Å². The molecule has 2 aromatic carbocycles. The summed E-state index contributed by atoms with van der Waals surface area (Å²) in [5.74, 6) is 0.0350. The van der Waals surface area contributed by atoms with E-state index in [0.29, 0.717) is 11.8 Å². The van der Waals surface area contributed by atoms with Gasteiger partial charge in [-0.3, -0.25) is 4.79 Å². The largest absolute Gasteiger partial charge is 0.371 e. The lowest BCUT2D eigenvalue weighted by atomic mass is 10.0. The molecule has 0 saturated heterocycles. The molecule has 3 rings (SSSR count). The van der Waals surface area contributed by atoms with Gasteiger partial charge in [-0.25, -0.2) is 0 Å². The molecule has 2 aromatic rings. The third-order valence-corrected chi connectivity index (χ3v) is 5.67. The van der Waals surface area contributed by atoms with Crippen LogP contribution in [0.25, 0.3) is 0 Å². The molecule has 0 unspecified atom stereocenters. The number of para-hydroxylation sites is 1. The first-order chi connectivity index (χ1) is 12.6. The number of fused-ring (bicyclic) bond motifs is 1. The Labute approximate surface area is 161 Å². The lowest BCUT2D eigenvalue weighted by molar-refractivity contribution is 0.0950. The quantitative estimate of drug-likeness (QED) is 0.565. The standard InChI is InChI=1S/C22H28N2OS/c1-17(2)26-21-13-6-4-11-19(21)22(25)23-14-8-16-24-15-7-10-18-9-3-5-12-20(18)24/h3-6,9,11-13,17H,7-8,10,14-16H2,1-2H3,(H,23,25). The Morgan fingerprint density at radius 1 is 1.15 bits per heavy atom. The fourth-order valence-electron chi connectivity index (χ4n) is 3.42. The van der Waals surface area contributed by atoms with Crippen LogP contribution in [0, 0.1) is 0 Å². The molecule has 3 nitrogen and oxygen atoms in total. The summed E-state index contributed by atoms with van der Waals surface area (Å²) in [5, 5.41) is 3.56. The summed E-state index contributed by atoms with van der Waals surface area (Å²) in [7, 11) is 0. The Hall–Kier alpha value is -1.94. The van der Waals surface area contributed by atoms with E-state index in [-0.39, 0.29) is 5.91 Å². The predicted octanol–water partition coefficient (Wildman–Crippen LogP) is 4.76. The summed E-state index contributed by atoms with van der Waals surface area (Å²) in [6, 6.07) is 16.6. The molecule has 0 aromatic heterocycles. The first-order valence-electron chi connectivity index (χ1n) is 9.52. The highest BCUT2D eigenvalue weighted by Gasteiger charge is 2.16. The Morgan fingerprint density at radius 3 is 2.77 bits per heavy atom. The lowest BCUT2D eigenvalue weighted by Crippen LogP contribution is -2.33. The molecule has 0 atom stereocenters. The van der Waals surface area contributed by atoms with Crippen LogP contribution in [0.3, 0.4) is 0 Å². The number of amides is 1. The number of carbonyl (C=O) groups is 1. The second-order valence-electron chi connectivity index (χ2n) is 6.99. The molecular formula is C22H28N2OS. The van der Waals surface area contributed by atoms with Crippen LogP contribution < -0.4 is 10.2 Å². The van der Waals surface area contributed by atoms with E-state index in [1.807, 2.05) is 24.3 Å². The van der Waals surface area contributed by atoms with E-state index in [1.165, 1.54) is 24.1 Å². The average Bonchev–Trinajstić information content (AvgIpc) is 2.65. The van der Waals surface area contributed by atoms with Gasteiger partial charge in [0.05, 0.1) is 5.56 Å². The van der Waals surface area contributed by atoms with E-state index in [0.717, 1.165) is 30.0 Å². The van der Waals surface area contributed by atoms with Crippen molar-refractivity contribution in [1.29, 1.82) is 0 Å². The van der Waals surface area contributed by atoms with Gasteiger partial charge in [0.15, 0.2) is 0 Å². The van der Waals surface area contributed by atoms with Gasteiger partial charge in [-0.1, -0.05) is 44.2 Å². The van der Waals surface area contributed by atoms with Gasteiger partial charge >= 0.3 is 0 Å². The van der Waals surface area contributed by atoms with Crippen LogP contribution in [0.15, 0.2) is 53.4 Å². The molecule has 0 radical (unpaired) electrons. The molecule has 0 saturated carbocycles. The van der Waals surface area contributed by atoms with Crippen molar-refractivity contribution in [2.75, 3.05) is 24.5 Å². The number of hydrogen-bond acceptors (Lipinski definition) is 3. The zero-order valence-electron chi connectivity index (χ0n) is 15.7. The highest BCUT2D eigenvalue weighted by molar-refractivity contribution is 8.00. The number of anilines is 1. The molecule has 0 spiro atoms. The van der Waals surface area contributed by atoms with Gasteiger partial charge < -0.3 is 10.2 Å². The number of benzene rings is 2. The van der Waals surface area contributed by atoms with E-state index in [1.54, 1.807) is 11.8 Å². The molecule has 26 heavy (non-hydrogen) atoms. The highest BCUT2D eigenvalue weighted by Crippen LogP contribution is 2.27. The van der Waals surface area contributed by atoms with Crippen molar-refractivity contribution in [3.63, 3.8) is 0 Å². The van der Waals surface area contributed by atoms with Crippen LogP contribution in [-0.4, -0.2) is 30.8 Å². The minimum Gasteiger partial charge on any atom is -0.371 e. The van der Waals surface area contributed by atoms with Gasteiger partial charge in [-0.15, -0.1) is 11.8 Å². The summed E-state index contributed by atoms with van der Waals surface area (Å²) in [6.07, 6.45) is 3.34. The summed E-state index contributed by atoms with van der Waals surface area (Å²) in [6.45, 7) is 7.10. The second-order valence-corrected chi connectivity index (χ2v) is 8.61. The van der Waals surface area contributed by atoms with Gasteiger partial charge in [0.1, 0.15) is 0 Å². The normalized spacial score (nSPS) is 13.6. The fraction of sp³-hybridized carbons (Fsp3) is 0.409. The maximum Gasteiger partial charge on any atom is 0.252 e. The van der Waals surface area contributed by atoms with Crippen LogP contribution in [-0.2, 0) is 6.42 Å². The monoisotopic (exact) mass is 368 g/mol. The van der Waals surface area contributed by atoms with Gasteiger partial charge in [-0.2, -0.15) is 0 Å². The predicted molar refractivity (Wildman–Crippen MR) is 111 cm³/mol. The van der Waals surface area contributed by atoms with Gasteiger partial charge in [0.25, 0.3) is 5.91 Å². The van der Waals surface area contributed by atoms with E-state index >= 15 is 0 Å². The molecule has 1 aliphatic rings. The highest BCUT2D eigenvalue weighted by atomic mass is 32.2. The third-order valence-electron chi connectivity index (χ3n) is 4.59. The van der Waals surface area contributed by atoms with Gasteiger partial charge in [0.2, 0.25) is 0 Å². The zero-order chi connectivity index (χ0) is 18.4. The summed E-state index contributed by atoms with van der Waals surface area (Å²) in [4.78, 5) is 16.1. The molecule has 138 valence electrons. The third kappa shape index (κ3) is 4.82. The number of nitrogens with one attached hydrogen (secondary N) is 1. The minimum atomic E-state index is 0.0350. The van der Waals surface area contributed by atoms with Crippen molar-refractivity contribution in [3.05, 3.63) is 59.7 Å². The Bertz CT molecular complexity index is 744. The summed E-state index contributed by atoms with van der Waals surface area (Å²) < 4.78 is 0.